The first-order chi connectivity index (χ1) is 15.5. The third-order valence-electron chi connectivity index (χ3n) is 6.25. The molecule has 2 unspecified atom stereocenters. The van der Waals surface area contributed by atoms with Crippen molar-refractivity contribution in [1.82, 2.24) is 9.88 Å². The summed E-state index contributed by atoms with van der Waals surface area (Å²) in [5.41, 5.74) is 3.38. The minimum absolute atomic E-state index is 0.0257. The van der Waals surface area contributed by atoms with Gasteiger partial charge in [0, 0.05) is 37.5 Å². The van der Waals surface area contributed by atoms with E-state index < -0.39 is 9.84 Å². The predicted molar refractivity (Wildman–Crippen MR) is 125 cm³/mol. The summed E-state index contributed by atoms with van der Waals surface area (Å²) in [4.78, 5) is 19.1. The number of amides is 1. The Kier molecular flexibility index (Phi) is 6.70. The molecule has 1 fully saturated rings. The molecule has 2 heterocycles. The standard InChI is InChI=1S/C26H28N2O3S/c1-2-32(30,31)25-15-13-20(17-27-25)14-16-26(29)28-18-23(21-9-5-3-6-10-21)24(19-28)22-11-7-4-8-12-22/h3-13,15,17,23-24H,2,14,16,18-19H2,1H3. The van der Waals surface area contributed by atoms with Gasteiger partial charge in [-0.3, -0.25) is 4.79 Å². The number of aryl methyl sites for hydroxylation is 1. The first kappa shape index (κ1) is 22.2. The highest BCUT2D eigenvalue weighted by Crippen LogP contribution is 2.39. The Morgan fingerprint density at radius 2 is 1.47 bits per heavy atom. The van der Waals surface area contributed by atoms with Crippen molar-refractivity contribution in [2.24, 2.45) is 0 Å². The number of rotatable bonds is 7. The molecule has 6 heteroatoms. The van der Waals surface area contributed by atoms with Crippen LogP contribution in [0.15, 0.2) is 84.0 Å². The van der Waals surface area contributed by atoms with Crippen LogP contribution in [0.4, 0.5) is 0 Å². The lowest BCUT2D eigenvalue weighted by Gasteiger charge is -2.18. The maximum atomic E-state index is 13.1. The van der Waals surface area contributed by atoms with Crippen LogP contribution in [0.25, 0.3) is 0 Å². The van der Waals surface area contributed by atoms with Crippen LogP contribution in [-0.2, 0) is 21.1 Å². The second-order valence-electron chi connectivity index (χ2n) is 8.24. The van der Waals surface area contributed by atoms with Crippen molar-refractivity contribution in [3.05, 3.63) is 95.7 Å². The van der Waals surface area contributed by atoms with Crippen molar-refractivity contribution in [3.63, 3.8) is 0 Å². The topological polar surface area (TPSA) is 67.3 Å². The highest BCUT2D eigenvalue weighted by Gasteiger charge is 2.36. The van der Waals surface area contributed by atoms with E-state index in [1.54, 1.807) is 19.2 Å². The average Bonchev–Trinajstić information content (AvgIpc) is 3.30. The third-order valence-corrected chi connectivity index (χ3v) is 7.89. The number of hydrogen-bond acceptors (Lipinski definition) is 4. The third kappa shape index (κ3) is 4.91. The van der Waals surface area contributed by atoms with Crippen molar-refractivity contribution in [1.29, 1.82) is 0 Å². The van der Waals surface area contributed by atoms with Gasteiger partial charge in [0.05, 0.1) is 5.75 Å². The summed E-state index contributed by atoms with van der Waals surface area (Å²) in [6.45, 7) is 3.01. The number of likely N-dealkylation sites (tertiary alicyclic amines) is 1. The molecule has 0 spiro atoms. The van der Waals surface area contributed by atoms with Gasteiger partial charge in [-0.2, -0.15) is 0 Å². The number of sulfone groups is 1. The van der Waals surface area contributed by atoms with Gasteiger partial charge in [-0.15, -0.1) is 0 Å². The monoisotopic (exact) mass is 448 g/mol. The summed E-state index contributed by atoms with van der Waals surface area (Å²) in [5.74, 6) is 0.679. The average molecular weight is 449 g/mol. The van der Waals surface area contributed by atoms with Gasteiger partial charge in [-0.1, -0.05) is 73.7 Å². The molecule has 0 saturated carbocycles. The molecule has 1 saturated heterocycles. The van der Waals surface area contributed by atoms with Gasteiger partial charge in [0.25, 0.3) is 0 Å². The van der Waals surface area contributed by atoms with Gasteiger partial charge in [-0.25, -0.2) is 13.4 Å². The maximum Gasteiger partial charge on any atom is 0.222 e. The zero-order valence-corrected chi connectivity index (χ0v) is 19.0. The van der Waals surface area contributed by atoms with E-state index in [1.807, 2.05) is 17.0 Å². The molecule has 0 bridgehead atoms. The molecule has 0 radical (unpaired) electrons. The molecule has 1 amide bonds. The smallest absolute Gasteiger partial charge is 0.222 e. The highest BCUT2D eigenvalue weighted by molar-refractivity contribution is 7.91. The van der Waals surface area contributed by atoms with Crippen LogP contribution < -0.4 is 0 Å². The summed E-state index contributed by atoms with van der Waals surface area (Å²) < 4.78 is 23.8. The molecule has 1 aromatic heterocycles. The number of pyridine rings is 1. The van der Waals surface area contributed by atoms with Crippen molar-refractivity contribution in [3.8, 4) is 0 Å². The number of carbonyl (C=O) groups excluding carboxylic acids is 1. The summed E-state index contributed by atoms with van der Waals surface area (Å²) >= 11 is 0. The molecule has 2 aromatic carbocycles. The van der Waals surface area contributed by atoms with Crippen molar-refractivity contribution < 1.29 is 13.2 Å². The fourth-order valence-electron chi connectivity index (χ4n) is 4.38. The first-order valence-corrected chi connectivity index (χ1v) is 12.7. The molecule has 166 valence electrons. The Morgan fingerprint density at radius 1 is 0.906 bits per heavy atom. The van der Waals surface area contributed by atoms with E-state index in [4.69, 9.17) is 0 Å². The largest absolute Gasteiger partial charge is 0.341 e. The van der Waals surface area contributed by atoms with Crippen LogP contribution in [0.2, 0.25) is 0 Å². The molecular weight excluding hydrogens is 420 g/mol. The Bertz CT molecular complexity index is 1100. The lowest BCUT2D eigenvalue weighted by Crippen LogP contribution is -2.29. The fraction of sp³-hybridized carbons (Fsp3) is 0.308. The molecule has 5 nitrogen and oxygen atoms in total. The lowest BCUT2D eigenvalue weighted by atomic mass is 9.84. The van der Waals surface area contributed by atoms with E-state index in [2.05, 4.69) is 53.5 Å². The van der Waals surface area contributed by atoms with Gasteiger partial charge < -0.3 is 4.90 Å². The Balaban J connectivity index is 1.45. The number of hydrogen-bond donors (Lipinski definition) is 0. The summed E-state index contributed by atoms with van der Waals surface area (Å²) in [6, 6.07) is 24.1. The van der Waals surface area contributed by atoms with Crippen LogP contribution in [0.3, 0.4) is 0 Å². The van der Waals surface area contributed by atoms with Crippen LogP contribution in [0.1, 0.15) is 41.9 Å². The van der Waals surface area contributed by atoms with Crippen LogP contribution in [-0.4, -0.2) is 43.1 Å². The number of carbonyl (C=O) groups is 1. The minimum Gasteiger partial charge on any atom is -0.341 e. The zero-order valence-electron chi connectivity index (χ0n) is 18.2. The van der Waals surface area contributed by atoms with E-state index >= 15 is 0 Å². The molecular formula is C26H28N2O3S. The van der Waals surface area contributed by atoms with Gasteiger partial charge in [-0.05, 0) is 29.2 Å². The predicted octanol–water partition coefficient (Wildman–Crippen LogP) is 4.22. The maximum absolute atomic E-state index is 13.1. The molecule has 1 aliphatic heterocycles. The van der Waals surface area contributed by atoms with Crippen LogP contribution in [0.5, 0.6) is 0 Å². The molecule has 0 N–H and O–H groups in total. The number of benzene rings is 2. The Hall–Kier alpha value is -2.99. The first-order valence-electron chi connectivity index (χ1n) is 11.0. The van der Waals surface area contributed by atoms with E-state index in [1.165, 1.54) is 17.2 Å². The van der Waals surface area contributed by atoms with Crippen LogP contribution >= 0.6 is 0 Å². The number of aromatic nitrogens is 1. The van der Waals surface area contributed by atoms with E-state index in [9.17, 15) is 13.2 Å². The van der Waals surface area contributed by atoms with E-state index in [-0.39, 0.29) is 28.5 Å². The second kappa shape index (κ2) is 9.65. The quantitative estimate of drug-likeness (QED) is 0.543. The summed E-state index contributed by atoms with van der Waals surface area (Å²) in [6.07, 6.45) is 2.49. The van der Waals surface area contributed by atoms with Gasteiger partial charge in [0.1, 0.15) is 0 Å². The normalized spacial score (nSPS) is 18.6. The molecule has 3 aromatic rings. The Labute approximate surface area is 190 Å². The van der Waals surface area contributed by atoms with Crippen molar-refractivity contribution >= 4 is 15.7 Å². The lowest BCUT2D eigenvalue weighted by molar-refractivity contribution is -0.130. The van der Waals surface area contributed by atoms with Crippen LogP contribution in [0, 0.1) is 0 Å². The Morgan fingerprint density at radius 3 is 1.94 bits per heavy atom. The minimum atomic E-state index is -3.31. The molecule has 1 aliphatic rings. The highest BCUT2D eigenvalue weighted by atomic mass is 32.2. The second-order valence-corrected chi connectivity index (χ2v) is 10.5. The van der Waals surface area contributed by atoms with Gasteiger partial charge in [0.2, 0.25) is 5.91 Å². The fourth-order valence-corrected chi connectivity index (χ4v) is 5.17. The van der Waals surface area contributed by atoms with Crippen molar-refractivity contribution in [2.75, 3.05) is 18.8 Å². The van der Waals surface area contributed by atoms with Crippen molar-refractivity contribution in [2.45, 2.75) is 36.6 Å². The number of nitrogens with zero attached hydrogens (tertiary/aromatic N) is 2. The summed E-state index contributed by atoms with van der Waals surface area (Å²) in [7, 11) is -3.31. The van der Waals surface area contributed by atoms with E-state index in [0.29, 0.717) is 25.9 Å². The molecule has 0 aliphatic carbocycles. The molecule has 32 heavy (non-hydrogen) atoms. The van der Waals surface area contributed by atoms with Gasteiger partial charge >= 0.3 is 0 Å². The zero-order chi connectivity index (χ0) is 22.6. The SMILES string of the molecule is CCS(=O)(=O)c1ccc(CCC(=O)N2CC(c3ccccc3)C(c3ccccc3)C2)cn1. The van der Waals surface area contributed by atoms with Gasteiger partial charge in [0.15, 0.2) is 14.9 Å². The molecule has 2 atom stereocenters. The molecule has 4 rings (SSSR count). The van der Waals surface area contributed by atoms with E-state index in [0.717, 1.165) is 5.56 Å². The summed E-state index contributed by atoms with van der Waals surface area (Å²) in [5, 5.41) is 0.0889.